The summed E-state index contributed by atoms with van der Waals surface area (Å²) in [7, 11) is 0. The molecule has 9 nitrogen and oxygen atoms in total. The van der Waals surface area contributed by atoms with Crippen LogP contribution in [0.25, 0.3) is 10.9 Å². The third-order valence-electron chi connectivity index (χ3n) is 6.53. The number of aromatic carboxylic acids is 1. The molecule has 1 saturated carbocycles. The number of carboxylic acids is 1. The monoisotopic (exact) mass is 447 g/mol. The van der Waals surface area contributed by atoms with Crippen molar-refractivity contribution < 1.29 is 23.5 Å². The smallest absolute Gasteiger partial charge is 0.341 e. The van der Waals surface area contributed by atoms with E-state index < -0.39 is 39.7 Å². The van der Waals surface area contributed by atoms with E-state index in [2.05, 4.69) is 10.5 Å². The summed E-state index contributed by atoms with van der Waals surface area (Å²) < 4.78 is 32.8. The Morgan fingerprint density at radius 1 is 1.38 bits per heavy atom. The summed E-state index contributed by atoms with van der Waals surface area (Å²) in [5.74, 6) is -3.46. The lowest BCUT2D eigenvalue weighted by atomic mass is 9.79. The van der Waals surface area contributed by atoms with E-state index in [1.54, 1.807) is 6.92 Å². The molecule has 1 aromatic heterocycles. The summed E-state index contributed by atoms with van der Waals surface area (Å²) in [6.45, 7) is 3.85. The highest BCUT2D eigenvalue weighted by Gasteiger charge is 2.50. The fourth-order valence-electron chi connectivity index (χ4n) is 4.65. The van der Waals surface area contributed by atoms with Crippen LogP contribution in [0.4, 0.5) is 20.2 Å². The van der Waals surface area contributed by atoms with E-state index in [9.17, 15) is 14.7 Å². The van der Waals surface area contributed by atoms with Crippen LogP contribution in [0.2, 0.25) is 0 Å². The van der Waals surface area contributed by atoms with Crippen LogP contribution >= 0.6 is 0 Å². The number of hydrogen-bond acceptors (Lipinski definition) is 7. The average Bonchev–Trinajstić information content (AvgIpc) is 3.49. The van der Waals surface area contributed by atoms with Gasteiger partial charge in [-0.25, -0.2) is 13.6 Å². The molecule has 3 aliphatic rings. The number of aromatic nitrogens is 1. The maximum atomic E-state index is 15.9. The number of nitrogen functional groups attached to an aromatic ring is 1. The highest BCUT2D eigenvalue weighted by atomic mass is 19.1. The third-order valence-corrected chi connectivity index (χ3v) is 6.53. The van der Waals surface area contributed by atoms with Crippen LogP contribution in [0.1, 0.15) is 36.2 Å². The number of halogens is 2. The van der Waals surface area contributed by atoms with Gasteiger partial charge in [-0.3, -0.25) is 4.79 Å². The summed E-state index contributed by atoms with van der Waals surface area (Å²) >= 11 is 0. The quantitative estimate of drug-likeness (QED) is 0.471. The van der Waals surface area contributed by atoms with E-state index in [0.29, 0.717) is 44.8 Å². The molecule has 0 amide bonds. The Kier molecular flexibility index (Phi) is 4.63. The van der Waals surface area contributed by atoms with Crippen molar-refractivity contribution in [2.45, 2.75) is 25.8 Å². The minimum Gasteiger partial charge on any atom is -0.477 e. The van der Waals surface area contributed by atoms with Crippen molar-refractivity contribution in [2.75, 3.05) is 43.4 Å². The van der Waals surface area contributed by atoms with Crippen molar-refractivity contribution in [2.24, 2.45) is 10.6 Å². The largest absolute Gasteiger partial charge is 0.477 e. The number of benzene rings is 1. The van der Waals surface area contributed by atoms with Gasteiger partial charge in [0, 0.05) is 31.9 Å². The minimum atomic E-state index is -1.47. The van der Waals surface area contributed by atoms with Gasteiger partial charge < -0.3 is 30.5 Å². The van der Waals surface area contributed by atoms with E-state index in [-0.39, 0.29) is 29.2 Å². The molecule has 0 radical (unpaired) electrons. The van der Waals surface area contributed by atoms with Crippen molar-refractivity contribution in [1.29, 1.82) is 0 Å². The minimum absolute atomic E-state index is 0.154. The van der Waals surface area contributed by atoms with Gasteiger partial charge in [0.25, 0.3) is 0 Å². The zero-order chi connectivity index (χ0) is 22.8. The first-order valence-corrected chi connectivity index (χ1v) is 10.5. The van der Waals surface area contributed by atoms with Crippen LogP contribution in [-0.2, 0) is 4.84 Å². The Bertz CT molecular complexity index is 1230. The number of pyridine rings is 1. The van der Waals surface area contributed by atoms with Crippen LogP contribution in [0.15, 0.2) is 16.1 Å². The van der Waals surface area contributed by atoms with Gasteiger partial charge in [-0.05, 0) is 19.8 Å². The highest BCUT2D eigenvalue weighted by molar-refractivity contribution is 6.02. The van der Waals surface area contributed by atoms with Crippen LogP contribution in [0.3, 0.4) is 0 Å². The molecule has 32 heavy (non-hydrogen) atoms. The molecule has 2 aliphatic heterocycles. The molecule has 0 bridgehead atoms. The molecule has 11 heteroatoms. The number of rotatable bonds is 5. The molecule has 3 heterocycles. The molecular formula is C21H23F2N5O4. The zero-order valence-electron chi connectivity index (χ0n) is 17.5. The number of carboxylic acid groups (broad SMARTS) is 1. The number of fused-ring (bicyclic) bond motifs is 1. The summed E-state index contributed by atoms with van der Waals surface area (Å²) in [6, 6.07) is -0.167. The maximum Gasteiger partial charge on any atom is 0.341 e. The zero-order valence-corrected chi connectivity index (χ0v) is 17.5. The van der Waals surface area contributed by atoms with Gasteiger partial charge in [0.05, 0.1) is 34.3 Å². The lowest BCUT2D eigenvalue weighted by molar-refractivity contribution is 0.0695. The van der Waals surface area contributed by atoms with Crippen LogP contribution in [0, 0.1) is 17.0 Å². The number of carbonyl (C=O) groups is 1. The molecule has 3 fully saturated rings. The van der Waals surface area contributed by atoms with E-state index in [0.717, 1.165) is 6.20 Å². The standard InChI is InChI=1S/C21H23F2N5O4/c1-2-32-26-12-6-27(9-21(12)7-25-8-21)18-14(22)16(24)13-17(15(18)23)28(10-3-4-10)5-11(19(13)29)20(30)31/h5,10,25H,2-4,6-9,24H2,1H3,(H,30,31). The van der Waals surface area contributed by atoms with Crippen LogP contribution < -0.4 is 21.4 Å². The Morgan fingerprint density at radius 2 is 2.09 bits per heavy atom. The van der Waals surface area contributed by atoms with E-state index in [1.807, 2.05) is 0 Å². The Morgan fingerprint density at radius 3 is 2.66 bits per heavy atom. The van der Waals surface area contributed by atoms with Gasteiger partial charge in [0.15, 0.2) is 11.6 Å². The summed E-state index contributed by atoms with van der Waals surface area (Å²) in [5, 5.41) is 16.3. The molecular weight excluding hydrogens is 424 g/mol. The maximum absolute atomic E-state index is 15.9. The van der Waals surface area contributed by atoms with Gasteiger partial charge >= 0.3 is 5.97 Å². The van der Waals surface area contributed by atoms with Crippen molar-refractivity contribution in [3.05, 3.63) is 33.6 Å². The van der Waals surface area contributed by atoms with E-state index in [1.165, 1.54) is 9.47 Å². The number of anilines is 2. The van der Waals surface area contributed by atoms with E-state index in [4.69, 9.17) is 10.6 Å². The predicted molar refractivity (Wildman–Crippen MR) is 114 cm³/mol. The number of nitrogens with one attached hydrogen (secondary N) is 1. The van der Waals surface area contributed by atoms with Crippen LogP contribution in [0.5, 0.6) is 0 Å². The van der Waals surface area contributed by atoms with Gasteiger partial charge in [-0.2, -0.15) is 0 Å². The molecule has 2 saturated heterocycles. The second-order valence-electron chi connectivity index (χ2n) is 8.63. The normalized spacial score (nSPS) is 20.8. The van der Waals surface area contributed by atoms with Crippen LogP contribution in [-0.4, -0.2) is 54.1 Å². The molecule has 170 valence electrons. The SMILES string of the molecule is CCON=C1CN(c2c(F)c(N)c3c(=O)c(C(=O)O)cn(C4CC4)c3c2F)CC12CNC2. The van der Waals surface area contributed by atoms with Crippen molar-refractivity contribution in [3.8, 4) is 0 Å². The Balaban J connectivity index is 1.72. The first-order valence-electron chi connectivity index (χ1n) is 10.5. The molecule has 1 aromatic carbocycles. The Labute approximate surface area is 181 Å². The van der Waals surface area contributed by atoms with Gasteiger partial charge in [-0.1, -0.05) is 5.16 Å². The van der Waals surface area contributed by atoms with E-state index >= 15 is 8.78 Å². The summed E-state index contributed by atoms with van der Waals surface area (Å²) in [5.41, 5.74) is 3.71. The fraction of sp³-hybridized carbons (Fsp3) is 0.476. The Hall–Kier alpha value is -3.21. The lowest BCUT2D eigenvalue weighted by Gasteiger charge is -2.39. The molecule has 4 N–H and O–H groups in total. The molecule has 1 aliphatic carbocycles. The first-order chi connectivity index (χ1) is 15.3. The van der Waals surface area contributed by atoms with Crippen molar-refractivity contribution in [1.82, 2.24) is 9.88 Å². The van der Waals surface area contributed by atoms with Crippen molar-refractivity contribution >= 4 is 34.0 Å². The molecule has 2 aromatic rings. The topological polar surface area (TPSA) is 122 Å². The molecule has 1 spiro atoms. The van der Waals surface area contributed by atoms with Gasteiger partial charge in [0.2, 0.25) is 5.43 Å². The number of oxime groups is 1. The predicted octanol–water partition coefficient (Wildman–Crippen LogP) is 1.70. The summed E-state index contributed by atoms with van der Waals surface area (Å²) in [4.78, 5) is 31.1. The second-order valence-corrected chi connectivity index (χ2v) is 8.63. The summed E-state index contributed by atoms with van der Waals surface area (Å²) in [6.07, 6.45) is 2.54. The number of nitrogens with zero attached hydrogens (tertiary/aromatic N) is 3. The molecule has 0 atom stereocenters. The molecule has 5 rings (SSSR count). The third kappa shape index (κ3) is 2.87. The fourth-order valence-corrected chi connectivity index (χ4v) is 4.65. The first kappa shape index (κ1) is 20.7. The van der Waals surface area contributed by atoms with Gasteiger partial charge in [-0.15, -0.1) is 0 Å². The average molecular weight is 447 g/mol. The molecule has 0 unspecified atom stereocenters. The lowest BCUT2D eigenvalue weighted by Crippen LogP contribution is -2.58. The second kappa shape index (κ2) is 7.16. The van der Waals surface area contributed by atoms with Crippen molar-refractivity contribution in [3.63, 3.8) is 0 Å². The van der Waals surface area contributed by atoms with Gasteiger partial charge in [0.1, 0.15) is 17.9 Å². The highest BCUT2D eigenvalue weighted by Crippen LogP contribution is 2.44. The number of nitrogens with two attached hydrogens (primary N) is 1. The number of hydrogen-bond donors (Lipinski definition) is 3.